The van der Waals surface area contributed by atoms with Gasteiger partial charge in [0.25, 0.3) is 0 Å². The lowest BCUT2D eigenvalue weighted by atomic mass is 9.90. The molecule has 0 bridgehead atoms. The molecule has 0 radical (unpaired) electrons. The minimum absolute atomic E-state index is 0.177. The Hall–Kier alpha value is -0.650. The molecule has 1 aliphatic carbocycles. The first kappa shape index (κ1) is 14.8. The van der Waals surface area contributed by atoms with E-state index in [1.54, 1.807) is 0 Å². The Bertz CT molecular complexity index is 331. The van der Waals surface area contributed by atoms with Crippen LogP contribution in [0.15, 0.2) is 0 Å². The Labute approximate surface area is 116 Å². The fraction of sp³-hybridized carbons (Fsp3) is 0.929. The van der Waals surface area contributed by atoms with E-state index in [9.17, 15) is 4.79 Å². The minimum atomic E-state index is -0.510. The molecule has 2 aliphatic rings. The van der Waals surface area contributed by atoms with Crippen LogP contribution in [0.1, 0.15) is 26.7 Å². The molecule has 5 heteroatoms. The van der Waals surface area contributed by atoms with Crippen molar-refractivity contribution in [2.45, 2.75) is 38.3 Å². The normalized spacial score (nSPS) is 29.1. The fourth-order valence-electron chi connectivity index (χ4n) is 3.21. The standard InChI is InChI=1S/C14H28N4O/c1-4-16-14(13(15)19,12-5-6-12)10-18-8-7-17(3)11(2)9-18/h11-12,16H,4-10H2,1-3H3,(H2,15,19). The van der Waals surface area contributed by atoms with Crippen molar-refractivity contribution in [3.63, 3.8) is 0 Å². The smallest absolute Gasteiger partial charge is 0.239 e. The highest BCUT2D eigenvalue weighted by atomic mass is 16.1. The first-order valence-electron chi connectivity index (χ1n) is 7.47. The van der Waals surface area contributed by atoms with Gasteiger partial charge in [-0.3, -0.25) is 9.69 Å². The highest BCUT2D eigenvalue weighted by Gasteiger charge is 2.50. The molecule has 2 atom stereocenters. The lowest BCUT2D eigenvalue weighted by Gasteiger charge is -2.43. The second-order valence-corrected chi connectivity index (χ2v) is 6.20. The van der Waals surface area contributed by atoms with Gasteiger partial charge in [0.2, 0.25) is 5.91 Å². The summed E-state index contributed by atoms with van der Waals surface area (Å²) in [6, 6.07) is 0.542. The van der Waals surface area contributed by atoms with Crippen LogP contribution in [0.2, 0.25) is 0 Å². The highest BCUT2D eigenvalue weighted by molar-refractivity contribution is 5.86. The number of carbonyl (C=O) groups excluding carboxylic acids is 1. The van der Waals surface area contributed by atoms with Gasteiger partial charge in [0.15, 0.2) is 0 Å². The molecule has 1 heterocycles. The van der Waals surface area contributed by atoms with Crippen LogP contribution in [0.25, 0.3) is 0 Å². The zero-order valence-corrected chi connectivity index (χ0v) is 12.5. The number of rotatable bonds is 6. The Kier molecular flexibility index (Phi) is 4.48. The summed E-state index contributed by atoms with van der Waals surface area (Å²) in [5.74, 6) is 0.253. The second kappa shape index (κ2) is 5.77. The number of likely N-dealkylation sites (N-methyl/N-ethyl adjacent to an activating group) is 2. The van der Waals surface area contributed by atoms with Crippen molar-refractivity contribution < 1.29 is 4.79 Å². The fourth-order valence-corrected chi connectivity index (χ4v) is 3.21. The van der Waals surface area contributed by atoms with E-state index >= 15 is 0 Å². The number of nitrogens with two attached hydrogens (primary N) is 1. The monoisotopic (exact) mass is 268 g/mol. The van der Waals surface area contributed by atoms with Crippen molar-refractivity contribution in [2.75, 3.05) is 39.8 Å². The number of hydrogen-bond donors (Lipinski definition) is 2. The SMILES string of the molecule is CCNC(CN1CCN(C)C(C)C1)(C(N)=O)C1CC1. The van der Waals surface area contributed by atoms with E-state index in [-0.39, 0.29) is 5.91 Å². The van der Waals surface area contributed by atoms with Gasteiger partial charge < -0.3 is 16.0 Å². The Morgan fingerprint density at radius 1 is 1.42 bits per heavy atom. The van der Waals surface area contributed by atoms with E-state index in [4.69, 9.17) is 5.73 Å². The van der Waals surface area contributed by atoms with Crippen LogP contribution in [-0.2, 0) is 4.79 Å². The molecule has 2 rings (SSSR count). The van der Waals surface area contributed by atoms with Crippen LogP contribution in [0.5, 0.6) is 0 Å². The van der Waals surface area contributed by atoms with Gasteiger partial charge in [-0.15, -0.1) is 0 Å². The molecule has 0 aromatic heterocycles. The molecule has 5 nitrogen and oxygen atoms in total. The summed E-state index contributed by atoms with van der Waals surface area (Å²) in [6.07, 6.45) is 2.25. The van der Waals surface area contributed by atoms with Crippen molar-refractivity contribution >= 4 is 5.91 Å². The van der Waals surface area contributed by atoms with Crippen LogP contribution in [0.4, 0.5) is 0 Å². The van der Waals surface area contributed by atoms with E-state index in [0.717, 1.165) is 45.6 Å². The van der Waals surface area contributed by atoms with Gasteiger partial charge in [0.1, 0.15) is 5.54 Å². The number of nitrogens with one attached hydrogen (secondary N) is 1. The predicted molar refractivity (Wildman–Crippen MR) is 76.9 cm³/mol. The van der Waals surface area contributed by atoms with E-state index in [0.29, 0.717) is 12.0 Å². The summed E-state index contributed by atoms with van der Waals surface area (Å²) in [5, 5.41) is 3.40. The Balaban J connectivity index is 2.05. The summed E-state index contributed by atoms with van der Waals surface area (Å²) in [7, 11) is 2.16. The van der Waals surface area contributed by atoms with Crippen LogP contribution in [0.3, 0.4) is 0 Å². The lowest BCUT2D eigenvalue weighted by Crippen LogP contribution is -2.65. The van der Waals surface area contributed by atoms with Crippen LogP contribution in [0, 0.1) is 5.92 Å². The zero-order chi connectivity index (χ0) is 14.0. The molecule has 0 aromatic rings. The Morgan fingerprint density at radius 2 is 2.11 bits per heavy atom. The van der Waals surface area contributed by atoms with Gasteiger partial charge in [-0.05, 0) is 39.3 Å². The van der Waals surface area contributed by atoms with Crippen LogP contribution >= 0.6 is 0 Å². The maximum absolute atomic E-state index is 12.0. The predicted octanol–water partition coefficient (Wildman–Crippen LogP) is -0.134. The average molecular weight is 268 g/mol. The van der Waals surface area contributed by atoms with E-state index in [1.165, 1.54) is 0 Å². The van der Waals surface area contributed by atoms with E-state index in [2.05, 4.69) is 29.1 Å². The molecular weight excluding hydrogens is 240 g/mol. The maximum atomic E-state index is 12.0. The van der Waals surface area contributed by atoms with Crippen LogP contribution < -0.4 is 11.1 Å². The van der Waals surface area contributed by atoms with Gasteiger partial charge in [-0.2, -0.15) is 0 Å². The third kappa shape index (κ3) is 3.09. The number of amides is 1. The van der Waals surface area contributed by atoms with Crippen molar-refractivity contribution in [3.05, 3.63) is 0 Å². The number of primary amides is 1. The first-order chi connectivity index (χ1) is 8.99. The van der Waals surface area contributed by atoms with Crippen molar-refractivity contribution in [2.24, 2.45) is 11.7 Å². The van der Waals surface area contributed by atoms with Crippen molar-refractivity contribution in [3.8, 4) is 0 Å². The molecule has 1 saturated carbocycles. The molecule has 0 spiro atoms. The van der Waals surface area contributed by atoms with Crippen molar-refractivity contribution in [1.29, 1.82) is 0 Å². The highest BCUT2D eigenvalue weighted by Crippen LogP contribution is 2.40. The Morgan fingerprint density at radius 3 is 2.58 bits per heavy atom. The van der Waals surface area contributed by atoms with Gasteiger partial charge >= 0.3 is 0 Å². The lowest BCUT2D eigenvalue weighted by molar-refractivity contribution is -0.126. The zero-order valence-electron chi connectivity index (χ0n) is 12.5. The number of hydrogen-bond acceptors (Lipinski definition) is 4. The van der Waals surface area contributed by atoms with E-state index in [1.807, 2.05) is 6.92 Å². The third-order valence-corrected chi connectivity index (χ3v) is 4.72. The topological polar surface area (TPSA) is 61.6 Å². The molecule has 0 aromatic carbocycles. The van der Waals surface area contributed by atoms with Crippen molar-refractivity contribution in [1.82, 2.24) is 15.1 Å². The second-order valence-electron chi connectivity index (χ2n) is 6.20. The molecule has 3 N–H and O–H groups in total. The van der Waals surface area contributed by atoms with Gasteiger partial charge in [0, 0.05) is 32.2 Å². The van der Waals surface area contributed by atoms with Gasteiger partial charge in [-0.25, -0.2) is 0 Å². The first-order valence-corrected chi connectivity index (χ1v) is 7.47. The summed E-state index contributed by atoms with van der Waals surface area (Å²) in [6.45, 7) is 8.95. The maximum Gasteiger partial charge on any atom is 0.239 e. The van der Waals surface area contributed by atoms with Gasteiger partial charge in [-0.1, -0.05) is 6.92 Å². The molecule has 19 heavy (non-hydrogen) atoms. The molecular formula is C14H28N4O. The third-order valence-electron chi connectivity index (χ3n) is 4.72. The largest absolute Gasteiger partial charge is 0.368 e. The number of carbonyl (C=O) groups is 1. The number of nitrogens with zero attached hydrogens (tertiary/aromatic N) is 2. The molecule has 2 fully saturated rings. The van der Waals surface area contributed by atoms with E-state index < -0.39 is 5.54 Å². The summed E-state index contributed by atoms with van der Waals surface area (Å²) >= 11 is 0. The molecule has 2 unspecified atom stereocenters. The molecule has 110 valence electrons. The quantitative estimate of drug-likeness (QED) is 0.704. The summed E-state index contributed by atoms with van der Waals surface area (Å²) in [5.41, 5.74) is 5.23. The summed E-state index contributed by atoms with van der Waals surface area (Å²) in [4.78, 5) is 16.8. The van der Waals surface area contributed by atoms with Crippen LogP contribution in [-0.4, -0.2) is 67.1 Å². The molecule has 1 amide bonds. The number of piperazine rings is 1. The molecule has 1 aliphatic heterocycles. The van der Waals surface area contributed by atoms with Gasteiger partial charge in [0.05, 0.1) is 0 Å². The molecule has 1 saturated heterocycles. The summed E-state index contributed by atoms with van der Waals surface area (Å²) < 4.78 is 0. The average Bonchev–Trinajstić information content (AvgIpc) is 3.17. The minimum Gasteiger partial charge on any atom is -0.368 e.